The van der Waals surface area contributed by atoms with Gasteiger partial charge in [-0.25, -0.2) is 9.37 Å². The van der Waals surface area contributed by atoms with Crippen LogP contribution in [0.4, 0.5) is 23.4 Å². The van der Waals surface area contributed by atoms with Gasteiger partial charge in [0.15, 0.2) is 0 Å². The Morgan fingerprint density at radius 1 is 1.29 bits per heavy atom. The van der Waals surface area contributed by atoms with Gasteiger partial charge in [-0.05, 0) is 70.3 Å². The Bertz CT molecular complexity index is 1010. The van der Waals surface area contributed by atoms with Crippen LogP contribution in [0.15, 0.2) is 70.6 Å². The van der Waals surface area contributed by atoms with Crippen LogP contribution < -0.4 is 5.32 Å². The summed E-state index contributed by atoms with van der Waals surface area (Å²) in [6.07, 6.45) is 6.88. The van der Waals surface area contributed by atoms with Gasteiger partial charge < -0.3 is 10.2 Å². The highest BCUT2D eigenvalue weighted by Gasteiger charge is 2.32. The third-order valence-corrected chi connectivity index (χ3v) is 5.69. The first-order valence-corrected chi connectivity index (χ1v) is 11.6. The number of halogens is 4. The summed E-state index contributed by atoms with van der Waals surface area (Å²) in [5, 5.41) is 3.32. The lowest BCUT2D eigenvalue weighted by molar-refractivity contribution is -0.0884. The highest BCUT2D eigenvalue weighted by molar-refractivity contribution is 5.54. The van der Waals surface area contributed by atoms with Crippen molar-refractivity contribution < 1.29 is 17.6 Å². The summed E-state index contributed by atoms with van der Waals surface area (Å²) >= 11 is 0. The third-order valence-electron chi connectivity index (χ3n) is 5.69. The van der Waals surface area contributed by atoms with Crippen molar-refractivity contribution in [1.82, 2.24) is 9.88 Å². The molecule has 1 aliphatic heterocycles. The molecule has 186 valence electrons. The number of hydrogen-bond donors (Lipinski definition) is 1. The molecule has 34 heavy (non-hydrogen) atoms. The molecule has 7 heteroatoms. The molecule has 1 aromatic heterocycles. The first kappa shape index (κ1) is 27.4. The zero-order valence-electron chi connectivity index (χ0n) is 20.9. The van der Waals surface area contributed by atoms with E-state index in [1.807, 2.05) is 27.0 Å². The van der Waals surface area contributed by atoms with Crippen LogP contribution in [0.5, 0.6) is 0 Å². The van der Waals surface area contributed by atoms with Crippen molar-refractivity contribution in [2.24, 2.45) is 0 Å². The molecule has 0 aromatic carbocycles. The maximum atomic E-state index is 14.1. The molecule has 1 aromatic rings. The lowest BCUT2D eigenvalue weighted by Crippen LogP contribution is -2.38. The minimum Gasteiger partial charge on any atom is -0.376 e. The fourth-order valence-electron chi connectivity index (χ4n) is 3.89. The zero-order valence-corrected chi connectivity index (χ0v) is 20.9. The molecular formula is C27H35F4N3. The maximum absolute atomic E-state index is 14.1. The van der Waals surface area contributed by atoms with Gasteiger partial charge in [-0.3, -0.25) is 0 Å². The summed E-state index contributed by atoms with van der Waals surface area (Å²) in [5.41, 5.74) is 2.84. The number of allylic oxidation sites excluding steroid dienone is 9. The Balaban J connectivity index is 2.56. The lowest BCUT2D eigenvalue weighted by Gasteiger charge is -2.36. The highest BCUT2D eigenvalue weighted by atomic mass is 19.4. The van der Waals surface area contributed by atoms with Gasteiger partial charge in [-0.15, -0.1) is 0 Å². The van der Waals surface area contributed by atoms with Crippen LogP contribution in [0.3, 0.4) is 0 Å². The summed E-state index contributed by atoms with van der Waals surface area (Å²) in [6, 6.07) is 1.22. The van der Waals surface area contributed by atoms with Crippen molar-refractivity contribution in [3.8, 4) is 0 Å². The molecule has 0 spiro atoms. The second kappa shape index (κ2) is 12.0. The predicted octanol–water partition coefficient (Wildman–Crippen LogP) is 7.66. The van der Waals surface area contributed by atoms with E-state index in [9.17, 15) is 17.6 Å². The SMILES string of the molecule is C\C=C/C(=C\C(=C\CC)C(F)(F)F)C(/C=C1/C(Nc2cc(F)c(C)cn2)CCCN1C)=C(C)C. The molecule has 2 rings (SSSR count). The van der Waals surface area contributed by atoms with E-state index in [4.69, 9.17) is 0 Å². The maximum Gasteiger partial charge on any atom is 0.416 e. The summed E-state index contributed by atoms with van der Waals surface area (Å²) < 4.78 is 55.0. The van der Waals surface area contributed by atoms with E-state index in [1.165, 1.54) is 24.4 Å². The van der Waals surface area contributed by atoms with Crippen molar-refractivity contribution in [2.45, 2.75) is 66.1 Å². The van der Waals surface area contributed by atoms with E-state index in [1.54, 1.807) is 32.9 Å². The van der Waals surface area contributed by atoms with E-state index in [0.29, 0.717) is 17.0 Å². The van der Waals surface area contributed by atoms with Crippen molar-refractivity contribution in [1.29, 1.82) is 0 Å². The van der Waals surface area contributed by atoms with E-state index in [-0.39, 0.29) is 18.3 Å². The van der Waals surface area contributed by atoms with Crippen LogP contribution in [0.1, 0.15) is 52.5 Å². The molecule has 1 atom stereocenters. The highest BCUT2D eigenvalue weighted by Crippen LogP contribution is 2.32. The number of likely N-dealkylation sites (tertiary alicyclic amines) is 1. The fourth-order valence-corrected chi connectivity index (χ4v) is 3.89. The van der Waals surface area contributed by atoms with Gasteiger partial charge in [-0.1, -0.05) is 30.7 Å². The van der Waals surface area contributed by atoms with Gasteiger partial charge in [0.2, 0.25) is 0 Å². The molecular weight excluding hydrogens is 442 g/mol. The average molecular weight is 478 g/mol. The van der Waals surface area contributed by atoms with Gasteiger partial charge in [0.05, 0.1) is 11.6 Å². The largest absolute Gasteiger partial charge is 0.416 e. The summed E-state index contributed by atoms with van der Waals surface area (Å²) in [5.74, 6) is 0.0976. The van der Waals surface area contributed by atoms with E-state index in [0.717, 1.165) is 36.2 Å². The Hall–Kier alpha value is -2.83. The average Bonchev–Trinajstić information content (AvgIpc) is 2.74. The molecule has 0 amide bonds. The van der Waals surface area contributed by atoms with Crippen LogP contribution in [-0.2, 0) is 0 Å². The smallest absolute Gasteiger partial charge is 0.376 e. The quantitative estimate of drug-likeness (QED) is 0.323. The van der Waals surface area contributed by atoms with Crippen molar-refractivity contribution in [3.63, 3.8) is 0 Å². The van der Waals surface area contributed by atoms with Crippen LogP contribution >= 0.6 is 0 Å². The topological polar surface area (TPSA) is 28.2 Å². The van der Waals surface area contributed by atoms with Crippen LogP contribution in [0, 0.1) is 12.7 Å². The van der Waals surface area contributed by atoms with E-state index < -0.39 is 11.7 Å². The predicted molar refractivity (Wildman–Crippen MR) is 132 cm³/mol. The Morgan fingerprint density at radius 3 is 2.56 bits per heavy atom. The standard InChI is InChI=1S/C27H35F4N3/c1-7-10-20(14-21(11-8-2)27(29,30)31)22(18(3)4)15-25-24(12-9-13-34(25)6)33-26-16-23(28)19(5)17-32-26/h7,10-11,14-17,24H,8-9,12-13H2,1-6H3,(H,32,33)/b10-7-,20-14+,21-11-,25-15-. The second-order valence-electron chi connectivity index (χ2n) is 8.73. The number of aryl methyl sites for hydroxylation is 1. The van der Waals surface area contributed by atoms with Gasteiger partial charge in [0.1, 0.15) is 11.6 Å². The van der Waals surface area contributed by atoms with Gasteiger partial charge >= 0.3 is 6.18 Å². The monoisotopic (exact) mass is 477 g/mol. The molecule has 1 unspecified atom stereocenters. The Kier molecular flexibility index (Phi) is 9.71. The minimum atomic E-state index is -4.43. The number of pyridine rings is 1. The summed E-state index contributed by atoms with van der Waals surface area (Å²) in [4.78, 5) is 6.39. The van der Waals surface area contributed by atoms with Gasteiger partial charge in [0, 0.05) is 37.1 Å². The first-order chi connectivity index (χ1) is 16.0. The second-order valence-corrected chi connectivity index (χ2v) is 8.73. The number of likely N-dealkylation sites (N-methyl/N-ethyl adjacent to an activating group) is 1. The molecule has 0 radical (unpaired) electrons. The molecule has 1 fully saturated rings. The van der Waals surface area contributed by atoms with Gasteiger partial charge in [-0.2, -0.15) is 13.2 Å². The number of rotatable bonds is 7. The van der Waals surface area contributed by atoms with E-state index >= 15 is 0 Å². The molecule has 1 saturated heterocycles. The number of anilines is 1. The molecule has 3 nitrogen and oxygen atoms in total. The van der Waals surface area contributed by atoms with Crippen molar-refractivity contribution >= 4 is 5.82 Å². The molecule has 0 saturated carbocycles. The fraction of sp³-hybridized carbons (Fsp3) is 0.444. The minimum absolute atomic E-state index is 0.150. The van der Waals surface area contributed by atoms with E-state index in [2.05, 4.69) is 15.2 Å². The zero-order chi connectivity index (χ0) is 25.5. The number of aromatic nitrogens is 1. The summed E-state index contributed by atoms with van der Waals surface area (Å²) in [6.45, 7) is 9.74. The molecule has 0 bridgehead atoms. The number of alkyl halides is 3. The molecule has 1 aliphatic rings. The third kappa shape index (κ3) is 7.34. The Labute approximate surface area is 200 Å². The lowest BCUT2D eigenvalue weighted by atomic mass is 9.93. The molecule has 2 heterocycles. The first-order valence-electron chi connectivity index (χ1n) is 11.6. The van der Waals surface area contributed by atoms with Crippen LogP contribution in [-0.4, -0.2) is 35.7 Å². The van der Waals surface area contributed by atoms with Crippen molar-refractivity contribution in [3.05, 3.63) is 82.0 Å². The molecule has 0 aliphatic carbocycles. The van der Waals surface area contributed by atoms with Crippen LogP contribution in [0.2, 0.25) is 0 Å². The van der Waals surface area contributed by atoms with Crippen molar-refractivity contribution in [2.75, 3.05) is 18.9 Å². The number of nitrogens with one attached hydrogen (secondary N) is 1. The molecule has 1 N–H and O–H groups in total. The summed E-state index contributed by atoms with van der Waals surface area (Å²) in [7, 11) is 1.96. The Morgan fingerprint density at radius 2 is 2.00 bits per heavy atom. The normalized spacial score (nSPS) is 19.2. The van der Waals surface area contributed by atoms with Crippen LogP contribution in [0.25, 0.3) is 0 Å². The van der Waals surface area contributed by atoms with Gasteiger partial charge in [0.25, 0.3) is 0 Å². The number of piperidine rings is 1. The number of nitrogens with zero attached hydrogens (tertiary/aromatic N) is 2. The number of hydrogen-bond acceptors (Lipinski definition) is 3.